The van der Waals surface area contributed by atoms with E-state index >= 15 is 0 Å². The van der Waals surface area contributed by atoms with Gasteiger partial charge in [0.1, 0.15) is 0 Å². The highest BCUT2D eigenvalue weighted by Gasteiger charge is 2.10. The van der Waals surface area contributed by atoms with Crippen LogP contribution in [0.15, 0.2) is 29.1 Å². The number of aromatic amines is 1. The highest BCUT2D eigenvalue weighted by atomic mass is 16.1. The molecule has 1 N–H and O–H groups in total. The molecule has 3 heteroatoms. The van der Waals surface area contributed by atoms with Crippen molar-refractivity contribution in [1.29, 1.82) is 0 Å². The first-order valence-corrected chi connectivity index (χ1v) is 5.51. The maximum Gasteiger partial charge on any atom is 0.274 e. The van der Waals surface area contributed by atoms with Crippen LogP contribution in [0.25, 0.3) is 5.69 Å². The van der Waals surface area contributed by atoms with E-state index in [9.17, 15) is 4.79 Å². The monoisotopic (exact) mass is 216 g/mol. The number of benzene rings is 1. The molecule has 0 aliphatic rings. The summed E-state index contributed by atoms with van der Waals surface area (Å²) < 4.78 is 1.63. The number of nitrogens with one attached hydrogen (secondary N) is 1. The zero-order valence-corrected chi connectivity index (χ0v) is 9.87. The molecule has 0 aliphatic heterocycles. The minimum atomic E-state index is 0.0474. The van der Waals surface area contributed by atoms with Crippen LogP contribution < -0.4 is 5.56 Å². The Kier molecular flexibility index (Phi) is 2.69. The lowest BCUT2D eigenvalue weighted by Crippen LogP contribution is -2.16. The summed E-state index contributed by atoms with van der Waals surface area (Å²) in [7, 11) is 0. The fourth-order valence-electron chi connectivity index (χ4n) is 1.89. The molecule has 0 fully saturated rings. The predicted octanol–water partition coefficient (Wildman–Crippen LogP) is 2.34. The Morgan fingerprint density at radius 2 is 1.94 bits per heavy atom. The smallest absolute Gasteiger partial charge is 0.274 e. The molecule has 84 valence electrons. The van der Waals surface area contributed by atoms with Crippen molar-refractivity contribution in [3.05, 3.63) is 51.4 Å². The van der Waals surface area contributed by atoms with Gasteiger partial charge in [0.15, 0.2) is 0 Å². The first-order valence-electron chi connectivity index (χ1n) is 5.51. The standard InChI is InChI=1S/C13H16N2O/c1-4-11-10(3)13(16)15(14-11)12-8-6-5-7-9(12)2/h5-8,14H,4H2,1-3H3. The van der Waals surface area contributed by atoms with Gasteiger partial charge in [0.2, 0.25) is 0 Å². The van der Waals surface area contributed by atoms with Crippen LogP contribution in [0.4, 0.5) is 0 Å². The maximum atomic E-state index is 12.0. The van der Waals surface area contributed by atoms with Crippen molar-refractivity contribution in [2.24, 2.45) is 0 Å². The van der Waals surface area contributed by atoms with Crippen LogP contribution in [-0.4, -0.2) is 9.78 Å². The second-order valence-corrected chi connectivity index (χ2v) is 4.00. The lowest BCUT2D eigenvalue weighted by molar-refractivity contribution is 0.814. The molecular formula is C13H16N2O. The summed E-state index contributed by atoms with van der Waals surface area (Å²) in [5.74, 6) is 0. The van der Waals surface area contributed by atoms with E-state index in [1.807, 2.05) is 45.0 Å². The number of nitrogens with zero attached hydrogens (tertiary/aromatic N) is 1. The van der Waals surface area contributed by atoms with Crippen molar-refractivity contribution in [2.45, 2.75) is 27.2 Å². The van der Waals surface area contributed by atoms with Crippen LogP contribution in [0.3, 0.4) is 0 Å². The molecule has 16 heavy (non-hydrogen) atoms. The molecule has 0 amide bonds. The average Bonchev–Trinajstić information content (AvgIpc) is 2.57. The van der Waals surface area contributed by atoms with E-state index in [1.165, 1.54) is 0 Å². The van der Waals surface area contributed by atoms with Crippen molar-refractivity contribution in [1.82, 2.24) is 9.78 Å². The minimum absolute atomic E-state index is 0.0474. The summed E-state index contributed by atoms with van der Waals surface area (Å²) in [6.07, 6.45) is 0.847. The van der Waals surface area contributed by atoms with Crippen LogP contribution in [0.1, 0.15) is 23.7 Å². The summed E-state index contributed by atoms with van der Waals surface area (Å²) in [6, 6.07) is 7.87. The molecule has 1 heterocycles. The summed E-state index contributed by atoms with van der Waals surface area (Å²) in [5, 5.41) is 3.16. The molecule has 0 spiro atoms. The van der Waals surface area contributed by atoms with E-state index in [2.05, 4.69) is 5.10 Å². The number of hydrogen-bond donors (Lipinski definition) is 1. The average molecular weight is 216 g/mol. The molecule has 3 nitrogen and oxygen atoms in total. The third kappa shape index (κ3) is 1.58. The summed E-state index contributed by atoms with van der Waals surface area (Å²) in [4.78, 5) is 12.0. The predicted molar refractivity (Wildman–Crippen MR) is 65.2 cm³/mol. The molecule has 0 bridgehead atoms. The van der Waals surface area contributed by atoms with E-state index < -0.39 is 0 Å². The summed E-state index contributed by atoms with van der Waals surface area (Å²) in [5.41, 5.74) is 3.88. The summed E-state index contributed by atoms with van der Waals surface area (Å²) >= 11 is 0. The third-order valence-corrected chi connectivity index (χ3v) is 2.93. The molecule has 1 aromatic heterocycles. The van der Waals surface area contributed by atoms with E-state index in [0.29, 0.717) is 0 Å². The SMILES string of the molecule is CCc1[nH]n(-c2ccccc2C)c(=O)c1C. The zero-order chi connectivity index (χ0) is 11.7. The van der Waals surface area contributed by atoms with Crippen LogP contribution in [0.2, 0.25) is 0 Å². The number of rotatable bonds is 2. The van der Waals surface area contributed by atoms with Crippen LogP contribution in [-0.2, 0) is 6.42 Å². The van der Waals surface area contributed by atoms with Crippen LogP contribution in [0.5, 0.6) is 0 Å². The van der Waals surface area contributed by atoms with Crippen LogP contribution in [0, 0.1) is 13.8 Å². The maximum absolute atomic E-state index is 12.0. The molecular weight excluding hydrogens is 200 g/mol. The van der Waals surface area contributed by atoms with Crippen molar-refractivity contribution < 1.29 is 0 Å². The number of hydrogen-bond acceptors (Lipinski definition) is 1. The van der Waals surface area contributed by atoms with Gasteiger partial charge in [-0.1, -0.05) is 25.1 Å². The number of para-hydroxylation sites is 1. The second-order valence-electron chi connectivity index (χ2n) is 4.00. The Labute approximate surface area is 94.7 Å². The fourth-order valence-corrected chi connectivity index (χ4v) is 1.89. The van der Waals surface area contributed by atoms with Gasteiger partial charge in [0.25, 0.3) is 5.56 Å². The van der Waals surface area contributed by atoms with E-state index in [0.717, 1.165) is 28.9 Å². The van der Waals surface area contributed by atoms with Gasteiger partial charge in [-0.05, 0) is 31.9 Å². The molecule has 1 aromatic carbocycles. The molecule has 0 saturated heterocycles. The van der Waals surface area contributed by atoms with Gasteiger partial charge < -0.3 is 0 Å². The zero-order valence-electron chi connectivity index (χ0n) is 9.87. The normalized spacial score (nSPS) is 10.7. The number of H-pyrrole nitrogens is 1. The van der Waals surface area contributed by atoms with Gasteiger partial charge in [0.05, 0.1) is 5.69 Å². The van der Waals surface area contributed by atoms with Gasteiger partial charge >= 0.3 is 0 Å². The van der Waals surface area contributed by atoms with Gasteiger partial charge in [0, 0.05) is 11.3 Å². The van der Waals surface area contributed by atoms with Gasteiger partial charge in [-0.3, -0.25) is 9.89 Å². The molecule has 0 saturated carbocycles. The van der Waals surface area contributed by atoms with Gasteiger partial charge in [-0.25, -0.2) is 4.68 Å². The van der Waals surface area contributed by atoms with Gasteiger partial charge in [-0.15, -0.1) is 0 Å². The van der Waals surface area contributed by atoms with Crippen molar-refractivity contribution in [2.75, 3.05) is 0 Å². The Morgan fingerprint density at radius 3 is 2.50 bits per heavy atom. The van der Waals surface area contributed by atoms with Crippen molar-refractivity contribution >= 4 is 0 Å². The lowest BCUT2D eigenvalue weighted by atomic mass is 10.2. The lowest BCUT2D eigenvalue weighted by Gasteiger charge is -2.04. The quantitative estimate of drug-likeness (QED) is 0.822. The molecule has 0 atom stereocenters. The molecule has 0 unspecified atom stereocenters. The molecule has 2 aromatic rings. The second kappa shape index (κ2) is 4.00. The van der Waals surface area contributed by atoms with Crippen LogP contribution >= 0.6 is 0 Å². The van der Waals surface area contributed by atoms with E-state index in [-0.39, 0.29) is 5.56 Å². The Hall–Kier alpha value is -1.77. The highest BCUT2D eigenvalue weighted by molar-refractivity contribution is 5.40. The Bertz CT molecular complexity index is 564. The first-order chi connectivity index (χ1) is 7.65. The first kappa shape index (κ1) is 10.7. The van der Waals surface area contributed by atoms with Gasteiger partial charge in [-0.2, -0.15) is 0 Å². The minimum Gasteiger partial charge on any atom is -0.295 e. The fraction of sp³-hybridized carbons (Fsp3) is 0.308. The van der Waals surface area contributed by atoms with E-state index in [4.69, 9.17) is 0 Å². The number of aryl methyl sites for hydroxylation is 2. The van der Waals surface area contributed by atoms with Crippen molar-refractivity contribution in [3.63, 3.8) is 0 Å². The number of aromatic nitrogens is 2. The largest absolute Gasteiger partial charge is 0.295 e. The molecule has 0 radical (unpaired) electrons. The third-order valence-electron chi connectivity index (χ3n) is 2.93. The van der Waals surface area contributed by atoms with E-state index in [1.54, 1.807) is 4.68 Å². The van der Waals surface area contributed by atoms with Crippen molar-refractivity contribution in [3.8, 4) is 5.69 Å². The highest BCUT2D eigenvalue weighted by Crippen LogP contribution is 2.12. The molecule has 0 aliphatic carbocycles. The summed E-state index contributed by atoms with van der Waals surface area (Å²) in [6.45, 7) is 5.91. The Balaban J connectivity index is 2.66. The molecule has 2 rings (SSSR count). The topological polar surface area (TPSA) is 37.8 Å². The Morgan fingerprint density at radius 1 is 1.25 bits per heavy atom.